The standard InChI is InChI=1S/C26H29NO4/c1-17(18-8-4-3-5-9-18)27-14-21-24(31-16-27)13-12-20-25(28)22(15-30-26(20)21)19-10-6-7-11-23(19)29-2/h3-11,15,17,20-21,24,26H,12-14,16H2,1-2H3. The Balaban J connectivity index is 1.38. The topological polar surface area (TPSA) is 48.0 Å². The van der Waals surface area contributed by atoms with E-state index in [2.05, 4.69) is 36.1 Å². The monoisotopic (exact) mass is 419 g/mol. The average molecular weight is 420 g/mol. The van der Waals surface area contributed by atoms with Crippen LogP contribution in [0.3, 0.4) is 0 Å². The minimum absolute atomic E-state index is 0.137. The van der Waals surface area contributed by atoms with Crippen molar-refractivity contribution in [2.75, 3.05) is 20.4 Å². The number of nitrogens with zero attached hydrogens (tertiary/aromatic N) is 1. The van der Waals surface area contributed by atoms with Crippen LogP contribution in [0.25, 0.3) is 5.57 Å². The Bertz CT molecular complexity index is 972. The van der Waals surface area contributed by atoms with Crippen LogP contribution in [0.2, 0.25) is 0 Å². The molecule has 5 atom stereocenters. The van der Waals surface area contributed by atoms with E-state index in [4.69, 9.17) is 14.2 Å². The highest BCUT2D eigenvalue weighted by molar-refractivity contribution is 6.22. The first-order valence-corrected chi connectivity index (χ1v) is 11.1. The van der Waals surface area contributed by atoms with E-state index in [1.807, 2.05) is 30.3 Å². The van der Waals surface area contributed by atoms with Crippen LogP contribution < -0.4 is 4.74 Å². The first-order chi connectivity index (χ1) is 15.2. The zero-order valence-electron chi connectivity index (χ0n) is 18.1. The number of ether oxygens (including phenoxy) is 3. The first kappa shape index (κ1) is 20.3. The zero-order valence-corrected chi connectivity index (χ0v) is 18.1. The maximum atomic E-state index is 13.5. The fourth-order valence-electron chi connectivity index (χ4n) is 5.33. The minimum Gasteiger partial charge on any atom is -0.496 e. The Kier molecular flexibility index (Phi) is 5.55. The van der Waals surface area contributed by atoms with E-state index in [0.29, 0.717) is 18.1 Å². The molecule has 2 aliphatic heterocycles. The van der Waals surface area contributed by atoms with Gasteiger partial charge in [-0.15, -0.1) is 0 Å². The van der Waals surface area contributed by atoms with Gasteiger partial charge in [-0.05, 0) is 31.4 Å². The van der Waals surface area contributed by atoms with E-state index < -0.39 is 0 Å². The molecular formula is C26H29NO4. The molecule has 0 amide bonds. The highest BCUT2D eigenvalue weighted by Crippen LogP contribution is 2.44. The zero-order chi connectivity index (χ0) is 21.4. The van der Waals surface area contributed by atoms with Crippen molar-refractivity contribution in [3.63, 3.8) is 0 Å². The number of hydrogen-bond acceptors (Lipinski definition) is 5. The molecule has 0 bridgehead atoms. The molecule has 0 spiro atoms. The van der Waals surface area contributed by atoms with Crippen LogP contribution in [0, 0.1) is 11.8 Å². The summed E-state index contributed by atoms with van der Waals surface area (Å²) in [6.45, 7) is 3.70. The van der Waals surface area contributed by atoms with E-state index >= 15 is 0 Å². The van der Waals surface area contributed by atoms with Gasteiger partial charge in [-0.2, -0.15) is 0 Å². The van der Waals surface area contributed by atoms with E-state index in [1.165, 1.54) is 5.56 Å². The third-order valence-electron chi connectivity index (χ3n) is 7.13. The summed E-state index contributed by atoms with van der Waals surface area (Å²) < 4.78 is 18.0. The number of ketones is 1. The Morgan fingerprint density at radius 1 is 1.06 bits per heavy atom. The molecule has 1 saturated heterocycles. The third-order valence-corrected chi connectivity index (χ3v) is 7.13. The molecule has 0 aromatic heterocycles. The molecule has 3 aliphatic rings. The number of hydrogen-bond donors (Lipinski definition) is 0. The molecule has 5 nitrogen and oxygen atoms in total. The number of fused-ring (bicyclic) bond motifs is 3. The molecule has 2 aromatic rings. The minimum atomic E-state index is -0.143. The Hall–Kier alpha value is -2.63. The summed E-state index contributed by atoms with van der Waals surface area (Å²) in [6, 6.07) is 18.4. The molecule has 1 aliphatic carbocycles. The second-order valence-corrected chi connectivity index (χ2v) is 8.74. The molecule has 5 rings (SSSR count). The van der Waals surface area contributed by atoms with Crippen molar-refractivity contribution in [2.45, 2.75) is 38.0 Å². The number of Topliss-reactive ketones (excluding diaryl/α,β-unsaturated/α-hetero) is 1. The highest BCUT2D eigenvalue weighted by atomic mass is 16.5. The fraction of sp³-hybridized carbons (Fsp3) is 0.423. The van der Waals surface area contributed by atoms with Crippen molar-refractivity contribution in [1.29, 1.82) is 0 Å². The molecule has 162 valence electrons. The van der Waals surface area contributed by atoms with Gasteiger partial charge in [-0.3, -0.25) is 9.69 Å². The van der Waals surface area contributed by atoms with Crippen LogP contribution in [-0.4, -0.2) is 43.3 Å². The summed E-state index contributed by atoms with van der Waals surface area (Å²) in [5.41, 5.74) is 2.69. The van der Waals surface area contributed by atoms with Gasteiger partial charge >= 0.3 is 0 Å². The molecule has 0 N–H and O–H groups in total. The molecule has 2 heterocycles. The predicted molar refractivity (Wildman–Crippen MR) is 118 cm³/mol. The number of para-hydroxylation sites is 1. The van der Waals surface area contributed by atoms with Gasteiger partial charge in [0, 0.05) is 24.1 Å². The third kappa shape index (κ3) is 3.66. The highest BCUT2D eigenvalue weighted by Gasteiger charge is 2.49. The summed E-state index contributed by atoms with van der Waals surface area (Å²) in [6.07, 6.45) is 3.35. The molecule has 2 aromatic carbocycles. The maximum Gasteiger partial charge on any atom is 0.173 e. The van der Waals surface area contributed by atoms with Crippen LogP contribution in [-0.2, 0) is 14.3 Å². The Labute approximate surface area is 183 Å². The lowest BCUT2D eigenvalue weighted by atomic mass is 9.71. The van der Waals surface area contributed by atoms with Crippen LogP contribution >= 0.6 is 0 Å². The largest absolute Gasteiger partial charge is 0.496 e. The first-order valence-electron chi connectivity index (χ1n) is 11.1. The smallest absolute Gasteiger partial charge is 0.173 e. The number of carbonyl (C=O) groups is 1. The molecule has 0 radical (unpaired) electrons. The van der Waals surface area contributed by atoms with Crippen molar-refractivity contribution in [2.24, 2.45) is 11.8 Å². The molecule has 1 saturated carbocycles. The van der Waals surface area contributed by atoms with Gasteiger partial charge in [0.15, 0.2) is 5.78 Å². The van der Waals surface area contributed by atoms with Crippen LogP contribution in [0.4, 0.5) is 0 Å². The van der Waals surface area contributed by atoms with E-state index in [9.17, 15) is 4.79 Å². The van der Waals surface area contributed by atoms with Gasteiger partial charge in [0.25, 0.3) is 0 Å². The molecule has 5 unspecified atom stereocenters. The Morgan fingerprint density at radius 2 is 1.84 bits per heavy atom. The number of carbonyl (C=O) groups excluding carboxylic acids is 1. The van der Waals surface area contributed by atoms with Gasteiger partial charge in [-0.25, -0.2) is 0 Å². The van der Waals surface area contributed by atoms with E-state index in [-0.39, 0.29) is 35.9 Å². The van der Waals surface area contributed by atoms with Gasteiger partial charge in [-0.1, -0.05) is 48.5 Å². The van der Waals surface area contributed by atoms with Crippen molar-refractivity contribution < 1.29 is 19.0 Å². The van der Waals surface area contributed by atoms with Crippen molar-refractivity contribution in [1.82, 2.24) is 4.90 Å². The molecule has 5 heteroatoms. The van der Waals surface area contributed by atoms with Gasteiger partial charge in [0.05, 0.1) is 37.7 Å². The van der Waals surface area contributed by atoms with E-state index in [1.54, 1.807) is 13.4 Å². The lowest BCUT2D eigenvalue weighted by Gasteiger charge is -2.49. The number of methoxy groups -OCH3 is 1. The molecular weight excluding hydrogens is 390 g/mol. The second-order valence-electron chi connectivity index (χ2n) is 8.74. The van der Waals surface area contributed by atoms with Crippen LogP contribution in [0.1, 0.15) is 36.9 Å². The number of allylic oxidation sites excluding steroid dienone is 1. The Morgan fingerprint density at radius 3 is 2.65 bits per heavy atom. The van der Waals surface area contributed by atoms with Gasteiger partial charge in [0.2, 0.25) is 0 Å². The maximum absolute atomic E-state index is 13.5. The SMILES string of the molecule is COc1ccccc1C1=COC2C(CCC3OCN(C(C)c4ccccc4)CC32)C1=O. The summed E-state index contributed by atoms with van der Waals surface area (Å²) in [7, 11) is 1.63. The second kappa shape index (κ2) is 8.48. The van der Waals surface area contributed by atoms with E-state index in [0.717, 1.165) is 24.9 Å². The summed E-state index contributed by atoms with van der Waals surface area (Å²) >= 11 is 0. The van der Waals surface area contributed by atoms with Gasteiger partial charge in [0.1, 0.15) is 11.9 Å². The van der Waals surface area contributed by atoms with Crippen molar-refractivity contribution in [3.8, 4) is 5.75 Å². The summed E-state index contributed by atoms with van der Waals surface area (Å²) in [5.74, 6) is 0.897. The van der Waals surface area contributed by atoms with Crippen molar-refractivity contribution in [3.05, 3.63) is 72.0 Å². The molecule has 31 heavy (non-hydrogen) atoms. The predicted octanol–water partition coefficient (Wildman–Crippen LogP) is 4.45. The molecule has 2 fully saturated rings. The van der Waals surface area contributed by atoms with Crippen LogP contribution in [0.5, 0.6) is 5.75 Å². The van der Waals surface area contributed by atoms with Crippen LogP contribution in [0.15, 0.2) is 60.9 Å². The number of benzene rings is 2. The lowest BCUT2D eigenvalue weighted by molar-refractivity contribution is -0.176. The normalized spacial score (nSPS) is 29.2. The van der Waals surface area contributed by atoms with Crippen molar-refractivity contribution >= 4 is 11.4 Å². The average Bonchev–Trinajstić information content (AvgIpc) is 2.84. The fourth-order valence-corrected chi connectivity index (χ4v) is 5.33. The summed E-state index contributed by atoms with van der Waals surface area (Å²) in [5, 5.41) is 0. The quantitative estimate of drug-likeness (QED) is 0.733. The lowest BCUT2D eigenvalue weighted by Crippen LogP contribution is -2.56. The summed E-state index contributed by atoms with van der Waals surface area (Å²) in [4.78, 5) is 15.8. The van der Waals surface area contributed by atoms with Gasteiger partial charge < -0.3 is 14.2 Å². The number of rotatable bonds is 4.